The predicted molar refractivity (Wildman–Crippen MR) is 44.7 cm³/mol. The molecule has 0 bridgehead atoms. The molecule has 0 aromatic carbocycles. The molecule has 1 heterocycles. The molecule has 1 aromatic heterocycles. The molecule has 0 aliphatic heterocycles. The lowest BCUT2D eigenvalue weighted by atomic mass is 10.6. The van der Waals surface area contributed by atoms with Gasteiger partial charge in [-0.1, -0.05) is 0 Å². The molecule has 1 rings (SSSR count). The smallest absolute Gasteiger partial charge is 0.178 e. The lowest BCUT2D eigenvalue weighted by Gasteiger charge is -1.96. The van der Waals surface area contributed by atoms with Crippen LogP contribution in [0.25, 0.3) is 0 Å². The first-order valence-corrected chi connectivity index (χ1v) is 5.53. The van der Waals surface area contributed by atoms with Crippen molar-refractivity contribution in [2.75, 3.05) is 6.26 Å². The van der Waals surface area contributed by atoms with Gasteiger partial charge >= 0.3 is 0 Å². The summed E-state index contributed by atoms with van der Waals surface area (Å²) in [5, 5.41) is 0. The second-order valence-corrected chi connectivity index (χ2v) is 4.52. The normalized spacial score (nSPS) is 11.5. The Morgan fingerprint density at radius 2 is 1.92 bits per heavy atom. The summed E-state index contributed by atoms with van der Waals surface area (Å²) in [6, 6.07) is 0. The molecule has 0 fully saturated rings. The molecule has 0 saturated heterocycles. The van der Waals surface area contributed by atoms with Gasteiger partial charge in [-0.3, -0.25) is 0 Å². The van der Waals surface area contributed by atoms with Crippen molar-refractivity contribution >= 4 is 21.4 Å². The summed E-state index contributed by atoms with van der Waals surface area (Å²) < 4.78 is 21.8. The number of hydrogen-bond donors (Lipinski definition) is 0. The fourth-order valence-corrected chi connectivity index (χ4v) is 1.23. The van der Waals surface area contributed by atoms with E-state index in [2.05, 4.69) is 9.97 Å². The van der Waals surface area contributed by atoms with E-state index in [9.17, 15) is 8.42 Å². The minimum absolute atomic E-state index is 0.108. The van der Waals surface area contributed by atoms with Gasteiger partial charge in [-0.15, -0.1) is 11.6 Å². The average molecular weight is 207 g/mol. The maximum atomic E-state index is 10.9. The highest BCUT2D eigenvalue weighted by molar-refractivity contribution is 7.90. The zero-order valence-corrected chi connectivity index (χ0v) is 7.93. The van der Waals surface area contributed by atoms with Gasteiger partial charge in [0, 0.05) is 18.6 Å². The molecule has 0 radical (unpaired) electrons. The molecule has 0 spiro atoms. The van der Waals surface area contributed by atoms with Gasteiger partial charge in [-0.05, 0) is 0 Å². The predicted octanol–water partition coefficient (Wildman–Crippen LogP) is 0.619. The summed E-state index contributed by atoms with van der Waals surface area (Å²) >= 11 is 5.42. The van der Waals surface area contributed by atoms with Crippen LogP contribution in [0.4, 0.5) is 0 Å². The van der Waals surface area contributed by atoms with E-state index in [1.54, 1.807) is 0 Å². The zero-order chi connectivity index (χ0) is 9.19. The fourth-order valence-electron chi connectivity index (χ4n) is 0.603. The highest BCUT2D eigenvalue weighted by Gasteiger charge is 2.07. The van der Waals surface area contributed by atoms with E-state index in [4.69, 9.17) is 11.6 Å². The van der Waals surface area contributed by atoms with Crippen LogP contribution in [-0.2, 0) is 15.7 Å². The third-order valence-corrected chi connectivity index (χ3v) is 2.54. The molecular weight excluding hydrogens is 200 g/mol. The Labute approximate surface area is 75.5 Å². The molecule has 0 unspecified atom stereocenters. The zero-order valence-electron chi connectivity index (χ0n) is 6.36. The summed E-state index contributed by atoms with van der Waals surface area (Å²) in [5.74, 6) is 0.605. The minimum Gasteiger partial charge on any atom is -0.239 e. The van der Waals surface area contributed by atoms with Gasteiger partial charge in [0.25, 0.3) is 0 Å². The van der Waals surface area contributed by atoms with Gasteiger partial charge < -0.3 is 0 Å². The van der Waals surface area contributed by atoms with Gasteiger partial charge in [0.1, 0.15) is 10.7 Å². The first kappa shape index (κ1) is 9.41. The van der Waals surface area contributed by atoms with Gasteiger partial charge in [0.15, 0.2) is 9.84 Å². The summed E-state index contributed by atoms with van der Waals surface area (Å²) in [5.41, 5.74) is 0. The van der Waals surface area contributed by atoms with Crippen LogP contribution >= 0.6 is 11.6 Å². The largest absolute Gasteiger partial charge is 0.239 e. The van der Waals surface area contributed by atoms with E-state index in [1.165, 1.54) is 12.4 Å². The van der Waals surface area contributed by atoms with Crippen LogP contribution in [0, 0.1) is 0 Å². The van der Waals surface area contributed by atoms with Crippen LogP contribution < -0.4 is 0 Å². The van der Waals surface area contributed by atoms with Crippen molar-refractivity contribution in [3.63, 3.8) is 0 Å². The summed E-state index contributed by atoms with van der Waals surface area (Å²) in [4.78, 5) is 7.59. The molecule has 0 amide bonds. The molecule has 4 nitrogen and oxygen atoms in total. The number of aromatic nitrogens is 2. The van der Waals surface area contributed by atoms with Gasteiger partial charge in [-0.2, -0.15) is 0 Å². The highest BCUT2D eigenvalue weighted by Crippen LogP contribution is 2.05. The monoisotopic (exact) mass is 206 g/mol. The molecule has 66 valence electrons. The number of rotatable bonds is 2. The van der Waals surface area contributed by atoms with E-state index >= 15 is 0 Å². The van der Waals surface area contributed by atoms with E-state index in [0.29, 0.717) is 5.82 Å². The van der Waals surface area contributed by atoms with Gasteiger partial charge in [-0.25, -0.2) is 18.4 Å². The third kappa shape index (κ3) is 2.15. The van der Waals surface area contributed by atoms with Crippen LogP contribution in [0.1, 0.15) is 5.82 Å². The van der Waals surface area contributed by atoms with Gasteiger partial charge in [0.2, 0.25) is 0 Å². The lowest BCUT2D eigenvalue weighted by Crippen LogP contribution is -2.00. The molecule has 0 N–H and O–H groups in total. The number of sulfone groups is 1. The number of nitrogens with zero attached hydrogens (tertiary/aromatic N) is 2. The van der Waals surface area contributed by atoms with Crippen molar-refractivity contribution in [1.82, 2.24) is 9.97 Å². The molecule has 0 atom stereocenters. The van der Waals surface area contributed by atoms with E-state index in [-0.39, 0.29) is 10.8 Å². The molecule has 6 heteroatoms. The van der Waals surface area contributed by atoms with Crippen LogP contribution in [-0.4, -0.2) is 24.6 Å². The maximum absolute atomic E-state index is 10.9. The van der Waals surface area contributed by atoms with Crippen molar-refractivity contribution in [3.05, 3.63) is 18.2 Å². The second kappa shape index (κ2) is 3.37. The number of hydrogen-bond acceptors (Lipinski definition) is 4. The van der Waals surface area contributed by atoms with Crippen molar-refractivity contribution < 1.29 is 8.42 Å². The average Bonchev–Trinajstić information content (AvgIpc) is 2.03. The highest BCUT2D eigenvalue weighted by atomic mass is 35.5. The van der Waals surface area contributed by atoms with Crippen LogP contribution in [0.2, 0.25) is 0 Å². The second-order valence-electron chi connectivity index (χ2n) is 2.24. The Hall–Kier alpha value is -0.680. The van der Waals surface area contributed by atoms with Crippen LogP contribution in [0.3, 0.4) is 0 Å². The van der Waals surface area contributed by atoms with Crippen molar-refractivity contribution in [2.24, 2.45) is 0 Å². The first-order chi connectivity index (χ1) is 5.54. The van der Waals surface area contributed by atoms with E-state index in [0.717, 1.165) is 6.26 Å². The quantitative estimate of drug-likeness (QED) is 0.666. The Morgan fingerprint density at radius 3 is 2.25 bits per heavy atom. The van der Waals surface area contributed by atoms with Gasteiger partial charge in [0.05, 0.1) is 5.88 Å². The standard InChI is InChI=1S/C6H7ClN2O2S/c1-12(10,11)5-3-8-6(2-7)9-4-5/h3-4H,2H2,1H3. The Kier molecular flexibility index (Phi) is 2.64. The number of halogens is 1. The topological polar surface area (TPSA) is 59.9 Å². The Morgan fingerprint density at radius 1 is 1.42 bits per heavy atom. The van der Waals surface area contributed by atoms with E-state index in [1.807, 2.05) is 0 Å². The molecule has 0 aliphatic carbocycles. The van der Waals surface area contributed by atoms with Crippen molar-refractivity contribution in [3.8, 4) is 0 Å². The number of alkyl halides is 1. The third-order valence-electron chi connectivity index (χ3n) is 1.23. The Bertz CT molecular complexity index is 360. The summed E-state index contributed by atoms with van der Waals surface area (Å²) in [6.07, 6.45) is 3.60. The summed E-state index contributed by atoms with van der Waals surface area (Å²) in [6.45, 7) is 0. The lowest BCUT2D eigenvalue weighted by molar-refractivity contribution is 0.600. The van der Waals surface area contributed by atoms with E-state index < -0.39 is 9.84 Å². The van der Waals surface area contributed by atoms with Crippen LogP contribution in [0.5, 0.6) is 0 Å². The van der Waals surface area contributed by atoms with Crippen LogP contribution in [0.15, 0.2) is 17.3 Å². The summed E-state index contributed by atoms with van der Waals surface area (Å²) in [7, 11) is -3.20. The SMILES string of the molecule is CS(=O)(=O)c1cnc(CCl)nc1. The minimum atomic E-state index is -3.20. The molecule has 0 aliphatic rings. The van der Waals surface area contributed by atoms with Crippen molar-refractivity contribution in [1.29, 1.82) is 0 Å². The Balaban J connectivity index is 3.09. The molecular formula is C6H7ClN2O2S. The fraction of sp³-hybridized carbons (Fsp3) is 0.333. The molecule has 0 saturated carbocycles. The maximum Gasteiger partial charge on any atom is 0.178 e. The molecule has 1 aromatic rings. The molecule has 12 heavy (non-hydrogen) atoms. The van der Waals surface area contributed by atoms with Crippen molar-refractivity contribution in [2.45, 2.75) is 10.8 Å². The first-order valence-electron chi connectivity index (χ1n) is 3.11.